The molecule has 1 heterocycles. The second kappa shape index (κ2) is 5.16. The molecule has 0 aromatic rings. The van der Waals surface area contributed by atoms with Gasteiger partial charge in [0.05, 0.1) is 5.60 Å². The van der Waals surface area contributed by atoms with Gasteiger partial charge in [0.15, 0.2) is 0 Å². The molecule has 1 rings (SSSR count). The number of aliphatic hydroxyl groups is 1. The molecule has 0 aromatic heterocycles. The number of carbonyl (C=O) groups is 1. The lowest BCUT2D eigenvalue weighted by Crippen LogP contribution is -2.58. The highest BCUT2D eigenvalue weighted by Gasteiger charge is 2.48. The fourth-order valence-corrected chi connectivity index (χ4v) is 2.46. The molecule has 110 valence electrons. The Hall–Kier alpha value is -1.03. The first kappa shape index (κ1) is 16.0. The van der Waals surface area contributed by atoms with E-state index >= 15 is 0 Å². The molecule has 1 aliphatic heterocycles. The van der Waals surface area contributed by atoms with Crippen LogP contribution in [0.25, 0.3) is 0 Å². The first-order valence-electron chi connectivity index (χ1n) is 6.82. The van der Waals surface area contributed by atoms with Crippen molar-refractivity contribution in [3.05, 3.63) is 12.7 Å². The summed E-state index contributed by atoms with van der Waals surface area (Å²) in [6, 6.07) is 0. The minimum atomic E-state index is -0.798. The molecule has 1 amide bonds. The Bertz CT molecular complexity index is 357. The standard InChI is InChI=1S/C15H27NO3/c1-7-8-15(18)9-10-16(11-14(15,5)6)12(17)19-13(2,3)4/h7,18H,1,8-11H2,2-6H3. The number of nitrogens with zero attached hydrogens (tertiary/aromatic N) is 1. The van der Waals surface area contributed by atoms with Crippen molar-refractivity contribution < 1.29 is 14.6 Å². The fourth-order valence-electron chi connectivity index (χ4n) is 2.46. The van der Waals surface area contributed by atoms with Crippen molar-refractivity contribution in [3.63, 3.8) is 0 Å². The van der Waals surface area contributed by atoms with Crippen LogP contribution in [-0.4, -0.2) is 40.4 Å². The van der Waals surface area contributed by atoms with E-state index in [2.05, 4.69) is 6.58 Å². The highest BCUT2D eigenvalue weighted by Crippen LogP contribution is 2.41. The van der Waals surface area contributed by atoms with Crippen molar-refractivity contribution in [2.75, 3.05) is 13.1 Å². The zero-order valence-corrected chi connectivity index (χ0v) is 12.8. The van der Waals surface area contributed by atoms with E-state index < -0.39 is 11.2 Å². The smallest absolute Gasteiger partial charge is 0.410 e. The van der Waals surface area contributed by atoms with E-state index in [0.717, 1.165) is 0 Å². The van der Waals surface area contributed by atoms with Crippen LogP contribution in [0.1, 0.15) is 47.5 Å². The maximum atomic E-state index is 12.1. The first-order chi connectivity index (χ1) is 8.51. The number of rotatable bonds is 2. The number of carbonyl (C=O) groups excluding carboxylic acids is 1. The summed E-state index contributed by atoms with van der Waals surface area (Å²) in [7, 11) is 0. The molecule has 0 aromatic carbocycles. The van der Waals surface area contributed by atoms with Crippen LogP contribution in [0.2, 0.25) is 0 Å². The number of amides is 1. The maximum absolute atomic E-state index is 12.1. The third-order valence-corrected chi connectivity index (χ3v) is 3.77. The average Bonchev–Trinajstić information content (AvgIpc) is 2.20. The van der Waals surface area contributed by atoms with Crippen molar-refractivity contribution in [1.29, 1.82) is 0 Å². The quantitative estimate of drug-likeness (QED) is 0.784. The lowest BCUT2D eigenvalue weighted by molar-refractivity contribution is -0.114. The van der Waals surface area contributed by atoms with Gasteiger partial charge in [-0.25, -0.2) is 4.79 Å². The maximum Gasteiger partial charge on any atom is 0.410 e. The van der Waals surface area contributed by atoms with Crippen LogP contribution in [0.4, 0.5) is 4.79 Å². The van der Waals surface area contributed by atoms with Gasteiger partial charge in [0, 0.05) is 18.5 Å². The van der Waals surface area contributed by atoms with E-state index in [0.29, 0.717) is 25.9 Å². The van der Waals surface area contributed by atoms with Gasteiger partial charge in [-0.15, -0.1) is 6.58 Å². The second-order valence-electron chi connectivity index (χ2n) is 7.06. The molecule has 0 aliphatic carbocycles. The molecule has 4 heteroatoms. The van der Waals surface area contributed by atoms with Crippen LogP contribution in [0.5, 0.6) is 0 Å². The monoisotopic (exact) mass is 269 g/mol. The lowest BCUT2D eigenvalue weighted by atomic mass is 9.68. The average molecular weight is 269 g/mol. The Labute approximate surface area is 116 Å². The molecule has 1 fully saturated rings. The van der Waals surface area contributed by atoms with Crippen LogP contribution in [0.3, 0.4) is 0 Å². The minimum Gasteiger partial charge on any atom is -0.444 e. The molecule has 1 N–H and O–H groups in total. The summed E-state index contributed by atoms with van der Waals surface area (Å²) in [6.45, 7) is 14.2. The van der Waals surface area contributed by atoms with Crippen molar-refractivity contribution >= 4 is 6.09 Å². The van der Waals surface area contributed by atoms with E-state index in [-0.39, 0.29) is 11.5 Å². The first-order valence-corrected chi connectivity index (χ1v) is 6.82. The predicted octanol–water partition coefficient (Wildman–Crippen LogP) is 2.96. The van der Waals surface area contributed by atoms with E-state index in [9.17, 15) is 9.90 Å². The Morgan fingerprint density at radius 2 is 2.05 bits per heavy atom. The van der Waals surface area contributed by atoms with Gasteiger partial charge in [-0.1, -0.05) is 19.9 Å². The predicted molar refractivity (Wildman–Crippen MR) is 76.0 cm³/mol. The molecule has 4 nitrogen and oxygen atoms in total. The van der Waals surface area contributed by atoms with E-state index in [1.807, 2.05) is 34.6 Å². The molecule has 1 atom stereocenters. The van der Waals surface area contributed by atoms with Gasteiger partial charge in [0.1, 0.15) is 5.60 Å². The summed E-state index contributed by atoms with van der Waals surface area (Å²) in [6.07, 6.45) is 2.53. The lowest BCUT2D eigenvalue weighted by Gasteiger charge is -2.50. The number of ether oxygens (including phenoxy) is 1. The van der Waals surface area contributed by atoms with Crippen LogP contribution < -0.4 is 0 Å². The fraction of sp³-hybridized carbons (Fsp3) is 0.800. The summed E-state index contributed by atoms with van der Waals surface area (Å²) >= 11 is 0. The van der Waals surface area contributed by atoms with Gasteiger partial charge in [-0.2, -0.15) is 0 Å². The van der Waals surface area contributed by atoms with Crippen molar-refractivity contribution in [2.24, 2.45) is 5.41 Å². The number of hydrogen-bond donors (Lipinski definition) is 1. The molecule has 1 unspecified atom stereocenters. The summed E-state index contributed by atoms with van der Waals surface area (Å²) < 4.78 is 5.38. The van der Waals surface area contributed by atoms with E-state index in [1.54, 1.807) is 11.0 Å². The largest absolute Gasteiger partial charge is 0.444 e. The third-order valence-electron chi connectivity index (χ3n) is 3.77. The Morgan fingerprint density at radius 3 is 2.47 bits per heavy atom. The molecule has 1 saturated heterocycles. The SMILES string of the molecule is C=CCC1(O)CCN(C(=O)OC(C)(C)C)CC1(C)C. The molecule has 1 aliphatic rings. The normalized spacial score (nSPS) is 26.9. The molecule has 0 bridgehead atoms. The van der Waals surface area contributed by atoms with Gasteiger partial charge in [-0.05, 0) is 33.6 Å². The van der Waals surface area contributed by atoms with Crippen molar-refractivity contribution in [2.45, 2.75) is 58.7 Å². The van der Waals surface area contributed by atoms with Gasteiger partial charge in [0.25, 0.3) is 0 Å². The van der Waals surface area contributed by atoms with Gasteiger partial charge in [-0.3, -0.25) is 0 Å². The molecule has 19 heavy (non-hydrogen) atoms. The summed E-state index contributed by atoms with van der Waals surface area (Å²) in [5, 5.41) is 10.7. The van der Waals surface area contributed by atoms with Crippen LogP contribution in [0.15, 0.2) is 12.7 Å². The van der Waals surface area contributed by atoms with Crippen LogP contribution in [-0.2, 0) is 4.74 Å². The van der Waals surface area contributed by atoms with Crippen molar-refractivity contribution in [3.8, 4) is 0 Å². The minimum absolute atomic E-state index is 0.304. The number of likely N-dealkylation sites (tertiary alicyclic amines) is 1. The zero-order chi connectivity index (χ0) is 14.9. The van der Waals surface area contributed by atoms with Crippen LogP contribution in [0, 0.1) is 5.41 Å². The Morgan fingerprint density at radius 1 is 1.47 bits per heavy atom. The highest BCUT2D eigenvalue weighted by molar-refractivity contribution is 5.68. The summed E-state index contributed by atoms with van der Waals surface area (Å²) in [5.41, 5.74) is -1.67. The molecule has 0 radical (unpaired) electrons. The third kappa shape index (κ3) is 3.72. The molecule has 0 spiro atoms. The van der Waals surface area contributed by atoms with E-state index in [1.165, 1.54) is 0 Å². The van der Waals surface area contributed by atoms with Gasteiger partial charge < -0.3 is 14.7 Å². The molecule has 0 saturated carbocycles. The summed E-state index contributed by atoms with van der Waals surface area (Å²) in [5.74, 6) is 0. The molecular weight excluding hydrogens is 242 g/mol. The zero-order valence-electron chi connectivity index (χ0n) is 12.8. The Balaban J connectivity index is 2.76. The number of piperidine rings is 1. The second-order valence-corrected chi connectivity index (χ2v) is 7.06. The highest BCUT2D eigenvalue weighted by atomic mass is 16.6. The van der Waals surface area contributed by atoms with Gasteiger partial charge in [0.2, 0.25) is 0 Å². The topological polar surface area (TPSA) is 49.8 Å². The Kier molecular flexibility index (Phi) is 4.35. The molecular formula is C15H27NO3. The van der Waals surface area contributed by atoms with Crippen molar-refractivity contribution in [1.82, 2.24) is 4.90 Å². The summed E-state index contributed by atoms with van der Waals surface area (Å²) in [4.78, 5) is 13.8. The number of hydrogen-bond acceptors (Lipinski definition) is 3. The van der Waals surface area contributed by atoms with E-state index in [4.69, 9.17) is 4.74 Å². The van der Waals surface area contributed by atoms with Crippen LogP contribution >= 0.6 is 0 Å². The van der Waals surface area contributed by atoms with Gasteiger partial charge >= 0.3 is 6.09 Å².